The predicted octanol–water partition coefficient (Wildman–Crippen LogP) is 2.99. The zero-order chi connectivity index (χ0) is 7.56. The van der Waals surface area contributed by atoms with E-state index in [2.05, 4.69) is 0 Å². The minimum absolute atomic E-state index is 0.516. The number of hydrogen-bond acceptors (Lipinski definition) is 1. The lowest BCUT2D eigenvalue weighted by Crippen LogP contribution is -1.79. The fourth-order valence-electron chi connectivity index (χ4n) is 0.619. The fraction of sp³-hybridized carbons (Fsp3) is 0. The molecule has 0 radical (unpaired) electrons. The lowest BCUT2D eigenvalue weighted by molar-refractivity contribution is 1.54. The van der Waals surface area contributed by atoms with Gasteiger partial charge in [0.05, 0.1) is 5.02 Å². The first-order chi connectivity index (χ1) is 4.74. The van der Waals surface area contributed by atoms with Gasteiger partial charge in [-0.25, -0.2) is 0 Å². The number of halogens is 2. The smallest absolute Gasteiger partial charge is 0.0508 e. The summed E-state index contributed by atoms with van der Waals surface area (Å²) < 4.78 is 0. The highest BCUT2D eigenvalue weighted by atomic mass is 35.5. The van der Waals surface area contributed by atoms with Crippen LogP contribution in [0.3, 0.4) is 0 Å². The Morgan fingerprint density at radius 1 is 1.30 bits per heavy atom. The van der Waals surface area contributed by atoms with Gasteiger partial charge in [-0.05, 0) is 12.1 Å². The largest absolute Gasteiger partial charge is 0.308 e. The Balaban J connectivity index is 3.19. The molecule has 0 bridgehead atoms. The molecule has 0 amide bonds. The van der Waals surface area contributed by atoms with Gasteiger partial charge in [-0.15, -0.1) is 0 Å². The second kappa shape index (κ2) is 3.04. The molecule has 0 heterocycles. The van der Waals surface area contributed by atoms with Gasteiger partial charge in [0.2, 0.25) is 0 Å². The topological polar surface area (TPSA) is 23.9 Å². The molecule has 0 unspecified atom stereocenters. The quantitative estimate of drug-likeness (QED) is 0.632. The number of nitrogens with one attached hydrogen (secondary N) is 1. The Bertz CT molecular complexity index is 258. The first-order valence-electron chi connectivity index (χ1n) is 2.69. The van der Waals surface area contributed by atoms with Gasteiger partial charge in [-0.3, -0.25) is 0 Å². The minimum Gasteiger partial charge on any atom is -0.308 e. The van der Waals surface area contributed by atoms with Crippen LogP contribution in [0.5, 0.6) is 0 Å². The lowest BCUT2D eigenvalue weighted by atomic mass is 10.2. The van der Waals surface area contributed by atoms with Gasteiger partial charge in [-0.2, -0.15) is 0 Å². The van der Waals surface area contributed by atoms with E-state index in [1.165, 1.54) is 6.21 Å². The number of benzene rings is 1. The van der Waals surface area contributed by atoms with Crippen LogP contribution < -0.4 is 0 Å². The first kappa shape index (κ1) is 7.58. The highest BCUT2D eigenvalue weighted by Crippen LogP contribution is 2.18. The second-order valence-electron chi connectivity index (χ2n) is 1.81. The van der Waals surface area contributed by atoms with Gasteiger partial charge in [0, 0.05) is 16.8 Å². The van der Waals surface area contributed by atoms with E-state index in [1.807, 2.05) is 0 Å². The number of rotatable bonds is 1. The normalized spacial score (nSPS) is 9.40. The van der Waals surface area contributed by atoms with Gasteiger partial charge < -0.3 is 5.41 Å². The third-order valence-electron chi connectivity index (χ3n) is 1.12. The van der Waals surface area contributed by atoms with E-state index >= 15 is 0 Å². The van der Waals surface area contributed by atoms with Crippen molar-refractivity contribution in [3.8, 4) is 0 Å². The molecule has 1 N–H and O–H groups in total. The van der Waals surface area contributed by atoms with Crippen molar-refractivity contribution < 1.29 is 0 Å². The second-order valence-corrected chi connectivity index (χ2v) is 2.65. The minimum atomic E-state index is 0.516. The fourth-order valence-corrected chi connectivity index (χ4v) is 1.08. The third-order valence-corrected chi connectivity index (χ3v) is 1.68. The van der Waals surface area contributed by atoms with E-state index < -0.39 is 0 Å². The van der Waals surface area contributed by atoms with Crippen molar-refractivity contribution in [2.45, 2.75) is 0 Å². The lowest BCUT2D eigenvalue weighted by Gasteiger charge is -1.95. The first-order valence-corrected chi connectivity index (χ1v) is 3.45. The van der Waals surface area contributed by atoms with Gasteiger partial charge in [0.25, 0.3) is 0 Å². The van der Waals surface area contributed by atoms with Crippen molar-refractivity contribution in [3.63, 3.8) is 0 Å². The maximum atomic E-state index is 6.90. The molecular formula is C7H5Cl2N. The van der Waals surface area contributed by atoms with Crippen LogP contribution in [0.15, 0.2) is 18.2 Å². The van der Waals surface area contributed by atoms with E-state index in [9.17, 15) is 0 Å². The molecule has 0 aliphatic carbocycles. The standard InChI is InChI=1S/C7H5Cl2N/c8-6-2-1-5(4-10)7(9)3-6/h1-4,10H. The monoisotopic (exact) mass is 173 g/mol. The van der Waals surface area contributed by atoms with Crippen LogP contribution in [0.1, 0.15) is 5.56 Å². The molecule has 0 spiro atoms. The van der Waals surface area contributed by atoms with Crippen molar-refractivity contribution in [1.82, 2.24) is 0 Å². The van der Waals surface area contributed by atoms with E-state index in [0.717, 1.165) is 0 Å². The molecule has 0 aliphatic rings. The summed E-state index contributed by atoms with van der Waals surface area (Å²) in [4.78, 5) is 0. The Morgan fingerprint density at radius 2 is 2.00 bits per heavy atom. The molecule has 0 aromatic heterocycles. The average molecular weight is 174 g/mol. The van der Waals surface area contributed by atoms with E-state index in [0.29, 0.717) is 15.6 Å². The van der Waals surface area contributed by atoms with Crippen molar-refractivity contribution in [2.24, 2.45) is 0 Å². The van der Waals surface area contributed by atoms with Gasteiger partial charge >= 0.3 is 0 Å². The van der Waals surface area contributed by atoms with Crippen LogP contribution in [-0.4, -0.2) is 6.21 Å². The summed E-state index contributed by atoms with van der Waals surface area (Å²) in [5, 5.41) is 8.01. The van der Waals surface area contributed by atoms with Gasteiger partial charge in [-0.1, -0.05) is 29.3 Å². The molecule has 3 heteroatoms. The summed E-state index contributed by atoms with van der Waals surface area (Å²) in [6.07, 6.45) is 1.19. The van der Waals surface area contributed by atoms with Crippen molar-refractivity contribution in [3.05, 3.63) is 33.8 Å². The molecule has 52 valence electrons. The highest BCUT2D eigenvalue weighted by molar-refractivity contribution is 6.36. The Morgan fingerprint density at radius 3 is 2.50 bits per heavy atom. The number of hydrogen-bond donors (Lipinski definition) is 1. The van der Waals surface area contributed by atoms with Crippen LogP contribution in [0.25, 0.3) is 0 Å². The van der Waals surface area contributed by atoms with E-state index in [1.54, 1.807) is 18.2 Å². The molecular weight excluding hydrogens is 169 g/mol. The van der Waals surface area contributed by atoms with E-state index in [4.69, 9.17) is 28.6 Å². The molecule has 0 atom stereocenters. The summed E-state index contributed by atoms with van der Waals surface area (Å²) >= 11 is 11.3. The maximum Gasteiger partial charge on any atom is 0.0508 e. The Labute approximate surface area is 69.1 Å². The molecule has 0 saturated carbocycles. The Hall–Kier alpha value is -0.530. The molecule has 0 aliphatic heterocycles. The van der Waals surface area contributed by atoms with Crippen molar-refractivity contribution >= 4 is 29.4 Å². The summed E-state index contributed by atoms with van der Waals surface area (Å²) in [6.45, 7) is 0. The SMILES string of the molecule is N=Cc1ccc(Cl)cc1Cl. The van der Waals surface area contributed by atoms with Crippen LogP contribution in [0, 0.1) is 5.41 Å². The van der Waals surface area contributed by atoms with Crippen LogP contribution in [0.2, 0.25) is 10.0 Å². The zero-order valence-electron chi connectivity index (χ0n) is 5.07. The van der Waals surface area contributed by atoms with Gasteiger partial charge in [0.1, 0.15) is 0 Å². The van der Waals surface area contributed by atoms with Crippen molar-refractivity contribution in [1.29, 1.82) is 5.41 Å². The molecule has 1 aromatic rings. The highest BCUT2D eigenvalue weighted by Gasteiger charge is 1.95. The maximum absolute atomic E-state index is 6.90. The summed E-state index contributed by atoms with van der Waals surface area (Å²) in [6, 6.07) is 5.02. The molecule has 10 heavy (non-hydrogen) atoms. The van der Waals surface area contributed by atoms with E-state index in [-0.39, 0.29) is 0 Å². The summed E-state index contributed by atoms with van der Waals surface area (Å²) in [5.41, 5.74) is 0.686. The predicted molar refractivity (Wildman–Crippen MR) is 44.3 cm³/mol. The third kappa shape index (κ3) is 1.49. The van der Waals surface area contributed by atoms with Gasteiger partial charge in [0.15, 0.2) is 0 Å². The summed E-state index contributed by atoms with van der Waals surface area (Å²) in [7, 11) is 0. The van der Waals surface area contributed by atoms with Crippen LogP contribution >= 0.6 is 23.2 Å². The summed E-state index contributed by atoms with van der Waals surface area (Å²) in [5.74, 6) is 0. The van der Waals surface area contributed by atoms with Crippen LogP contribution in [-0.2, 0) is 0 Å². The molecule has 0 fully saturated rings. The molecule has 1 rings (SSSR count). The van der Waals surface area contributed by atoms with Crippen LogP contribution in [0.4, 0.5) is 0 Å². The average Bonchev–Trinajstić information content (AvgIpc) is 1.88. The molecule has 1 nitrogen and oxygen atoms in total. The molecule has 0 saturated heterocycles. The van der Waals surface area contributed by atoms with Crippen molar-refractivity contribution in [2.75, 3.05) is 0 Å². The molecule has 1 aromatic carbocycles. The zero-order valence-corrected chi connectivity index (χ0v) is 6.58. The Kier molecular flexibility index (Phi) is 2.30.